The highest BCUT2D eigenvalue weighted by molar-refractivity contribution is 5.95. The summed E-state index contributed by atoms with van der Waals surface area (Å²) in [5.41, 5.74) is 7.55. The molecule has 0 aliphatic carbocycles. The average molecular weight is 374 g/mol. The van der Waals surface area contributed by atoms with E-state index in [1.165, 1.54) is 5.56 Å². The quantitative estimate of drug-likeness (QED) is 0.885. The summed E-state index contributed by atoms with van der Waals surface area (Å²) in [5, 5.41) is 0. The molecule has 1 saturated heterocycles. The van der Waals surface area contributed by atoms with Crippen LogP contribution in [-0.4, -0.2) is 52.8 Å². The molecule has 1 fully saturated rings. The Morgan fingerprint density at radius 2 is 1.63 bits per heavy atom. The van der Waals surface area contributed by atoms with Gasteiger partial charge in [-0.25, -0.2) is 0 Å². The predicted octanol–water partition coefficient (Wildman–Crippen LogP) is 3.03. The maximum absolute atomic E-state index is 13.1. The van der Waals surface area contributed by atoms with Crippen molar-refractivity contribution in [2.24, 2.45) is 11.7 Å². The molecule has 0 radical (unpaired) electrons. The molecule has 0 aromatic heterocycles. The van der Waals surface area contributed by atoms with Crippen LogP contribution in [0, 0.1) is 5.92 Å². The standard InChI is InChI=1S/C22H35N3O2/c1-15(2)18(23)20(27)24-12-13-25(22(6,7)14-24)19(26)16-8-10-17(11-9-16)21(3,4)5/h8-11,15,18H,12-14,23H2,1-7H3/t18-/m0/s1. The molecule has 2 rings (SSSR count). The lowest BCUT2D eigenvalue weighted by atomic mass is 9.86. The monoisotopic (exact) mass is 373 g/mol. The van der Waals surface area contributed by atoms with Crippen LogP contribution in [0.1, 0.15) is 64.4 Å². The molecule has 1 heterocycles. The van der Waals surface area contributed by atoms with Gasteiger partial charge in [0.05, 0.1) is 11.6 Å². The van der Waals surface area contributed by atoms with Crippen molar-refractivity contribution in [3.05, 3.63) is 35.4 Å². The molecule has 5 heteroatoms. The number of hydrogen-bond donors (Lipinski definition) is 1. The lowest BCUT2D eigenvalue weighted by molar-refractivity contribution is -0.137. The van der Waals surface area contributed by atoms with Crippen molar-refractivity contribution in [2.75, 3.05) is 19.6 Å². The summed E-state index contributed by atoms with van der Waals surface area (Å²) in [7, 11) is 0. The van der Waals surface area contributed by atoms with Gasteiger partial charge in [-0.15, -0.1) is 0 Å². The second-order valence-electron chi connectivity index (χ2n) is 9.63. The topological polar surface area (TPSA) is 66.6 Å². The third kappa shape index (κ3) is 4.70. The van der Waals surface area contributed by atoms with Crippen LogP contribution in [0.4, 0.5) is 0 Å². The maximum atomic E-state index is 13.1. The van der Waals surface area contributed by atoms with E-state index >= 15 is 0 Å². The van der Waals surface area contributed by atoms with E-state index in [4.69, 9.17) is 5.73 Å². The van der Waals surface area contributed by atoms with Gasteiger partial charge in [0.2, 0.25) is 5.91 Å². The summed E-state index contributed by atoms with van der Waals surface area (Å²) >= 11 is 0. The van der Waals surface area contributed by atoms with Crippen LogP contribution in [0.15, 0.2) is 24.3 Å². The van der Waals surface area contributed by atoms with E-state index in [-0.39, 0.29) is 23.1 Å². The summed E-state index contributed by atoms with van der Waals surface area (Å²) in [5.74, 6) is 0.0852. The SMILES string of the molecule is CC(C)[C@H](N)C(=O)N1CCN(C(=O)c2ccc(C(C)(C)C)cc2)C(C)(C)C1. The predicted molar refractivity (Wildman–Crippen MR) is 110 cm³/mol. The van der Waals surface area contributed by atoms with E-state index in [1.54, 1.807) is 4.90 Å². The fourth-order valence-electron chi connectivity index (χ4n) is 3.48. The molecule has 1 aliphatic heterocycles. The lowest BCUT2D eigenvalue weighted by Crippen LogP contribution is -2.64. The largest absolute Gasteiger partial charge is 0.337 e. The number of benzene rings is 1. The summed E-state index contributed by atoms with van der Waals surface area (Å²) < 4.78 is 0. The molecule has 5 nitrogen and oxygen atoms in total. The Morgan fingerprint density at radius 3 is 2.07 bits per heavy atom. The molecule has 150 valence electrons. The molecular weight excluding hydrogens is 338 g/mol. The van der Waals surface area contributed by atoms with Gasteiger partial charge < -0.3 is 15.5 Å². The summed E-state index contributed by atoms with van der Waals surface area (Å²) in [6.07, 6.45) is 0. The number of nitrogens with two attached hydrogens (primary N) is 1. The number of hydrogen-bond acceptors (Lipinski definition) is 3. The van der Waals surface area contributed by atoms with Crippen molar-refractivity contribution >= 4 is 11.8 Å². The van der Waals surface area contributed by atoms with E-state index < -0.39 is 11.6 Å². The molecular formula is C22H35N3O2. The molecule has 2 N–H and O–H groups in total. The molecule has 1 aromatic carbocycles. The summed E-state index contributed by atoms with van der Waals surface area (Å²) in [6, 6.07) is 7.38. The van der Waals surface area contributed by atoms with E-state index in [0.29, 0.717) is 25.2 Å². The first kappa shape index (κ1) is 21.4. The van der Waals surface area contributed by atoms with E-state index in [2.05, 4.69) is 20.8 Å². The van der Waals surface area contributed by atoms with Gasteiger partial charge in [-0.2, -0.15) is 0 Å². The first-order valence-corrected chi connectivity index (χ1v) is 9.81. The van der Waals surface area contributed by atoms with Gasteiger partial charge in [-0.05, 0) is 42.9 Å². The fraction of sp³-hybridized carbons (Fsp3) is 0.636. The van der Waals surface area contributed by atoms with Gasteiger partial charge in [0, 0.05) is 25.2 Å². The molecule has 0 bridgehead atoms. The van der Waals surface area contributed by atoms with Gasteiger partial charge in [-0.1, -0.05) is 46.8 Å². The second-order valence-corrected chi connectivity index (χ2v) is 9.63. The Morgan fingerprint density at radius 1 is 1.07 bits per heavy atom. The highest BCUT2D eigenvalue weighted by Crippen LogP contribution is 2.26. The zero-order valence-corrected chi connectivity index (χ0v) is 17.9. The van der Waals surface area contributed by atoms with Crippen molar-refractivity contribution < 1.29 is 9.59 Å². The maximum Gasteiger partial charge on any atom is 0.254 e. The molecule has 0 spiro atoms. The third-order valence-corrected chi connectivity index (χ3v) is 5.46. The van der Waals surface area contributed by atoms with Crippen LogP contribution in [0.3, 0.4) is 0 Å². The van der Waals surface area contributed by atoms with E-state index in [1.807, 2.05) is 56.9 Å². The average Bonchev–Trinajstić information content (AvgIpc) is 2.58. The number of nitrogens with zero attached hydrogens (tertiary/aromatic N) is 2. The van der Waals surface area contributed by atoms with Gasteiger partial charge in [0.1, 0.15) is 0 Å². The molecule has 1 aliphatic rings. The van der Waals surface area contributed by atoms with Gasteiger partial charge >= 0.3 is 0 Å². The molecule has 2 amide bonds. The molecule has 0 unspecified atom stereocenters. The fourth-order valence-corrected chi connectivity index (χ4v) is 3.48. The number of amides is 2. The van der Waals surface area contributed by atoms with Crippen molar-refractivity contribution in [2.45, 2.75) is 65.5 Å². The van der Waals surface area contributed by atoms with Crippen LogP contribution in [0.5, 0.6) is 0 Å². The Balaban J connectivity index is 2.14. The van der Waals surface area contributed by atoms with Crippen molar-refractivity contribution in [3.8, 4) is 0 Å². The number of piperazine rings is 1. The zero-order valence-electron chi connectivity index (χ0n) is 17.9. The molecule has 1 aromatic rings. The first-order chi connectivity index (χ1) is 12.3. The zero-order chi connectivity index (χ0) is 20.6. The summed E-state index contributed by atoms with van der Waals surface area (Å²) in [6.45, 7) is 15.9. The minimum atomic E-state index is -0.493. The van der Waals surface area contributed by atoms with Crippen molar-refractivity contribution in [1.82, 2.24) is 9.80 Å². The van der Waals surface area contributed by atoms with Gasteiger partial charge in [0.15, 0.2) is 0 Å². The Bertz CT molecular complexity index is 687. The van der Waals surface area contributed by atoms with Crippen LogP contribution >= 0.6 is 0 Å². The normalized spacial score (nSPS) is 18.6. The Hall–Kier alpha value is -1.88. The third-order valence-electron chi connectivity index (χ3n) is 5.46. The van der Waals surface area contributed by atoms with Gasteiger partial charge in [-0.3, -0.25) is 9.59 Å². The minimum absolute atomic E-state index is 0.0146. The Kier molecular flexibility index (Phi) is 6.05. The minimum Gasteiger partial charge on any atom is -0.337 e. The second kappa shape index (κ2) is 7.63. The van der Waals surface area contributed by atoms with Crippen LogP contribution < -0.4 is 5.73 Å². The molecule has 0 saturated carbocycles. The highest BCUT2D eigenvalue weighted by atomic mass is 16.2. The number of rotatable bonds is 3. The van der Waals surface area contributed by atoms with Crippen molar-refractivity contribution in [3.63, 3.8) is 0 Å². The van der Waals surface area contributed by atoms with Crippen molar-refractivity contribution in [1.29, 1.82) is 0 Å². The first-order valence-electron chi connectivity index (χ1n) is 9.81. The Labute approximate surface area is 163 Å². The van der Waals surface area contributed by atoms with Gasteiger partial charge in [0.25, 0.3) is 5.91 Å². The summed E-state index contributed by atoms with van der Waals surface area (Å²) in [4.78, 5) is 29.4. The number of carbonyl (C=O) groups is 2. The van der Waals surface area contributed by atoms with E-state index in [9.17, 15) is 9.59 Å². The molecule has 1 atom stereocenters. The van der Waals surface area contributed by atoms with Crippen LogP contribution in [0.2, 0.25) is 0 Å². The molecule has 27 heavy (non-hydrogen) atoms. The van der Waals surface area contributed by atoms with Crippen LogP contribution in [0.25, 0.3) is 0 Å². The van der Waals surface area contributed by atoms with E-state index in [0.717, 1.165) is 0 Å². The van der Waals surface area contributed by atoms with Crippen LogP contribution in [-0.2, 0) is 10.2 Å². The number of carbonyl (C=O) groups excluding carboxylic acids is 2. The lowest BCUT2D eigenvalue weighted by Gasteiger charge is -2.47. The smallest absolute Gasteiger partial charge is 0.254 e. The highest BCUT2D eigenvalue weighted by Gasteiger charge is 2.39.